The number of ether oxygens (including phenoxy) is 1. The van der Waals surface area contributed by atoms with Crippen LogP contribution in [0.15, 0.2) is 48.5 Å². The van der Waals surface area contributed by atoms with Crippen molar-refractivity contribution in [3.63, 3.8) is 0 Å². The third-order valence-electron chi connectivity index (χ3n) is 4.43. The Kier molecular flexibility index (Phi) is 4.65. The van der Waals surface area contributed by atoms with Crippen LogP contribution in [-0.4, -0.2) is 17.5 Å². The predicted octanol–water partition coefficient (Wildman–Crippen LogP) is 4.26. The molecule has 0 aliphatic carbocycles. The fourth-order valence-corrected chi connectivity index (χ4v) is 4.19. The van der Waals surface area contributed by atoms with Crippen molar-refractivity contribution in [1.82, 2.24) is 10.3 Å². The first kappa shape index (κ1) is 16.1. The fourth-order valence-electron chi connectivity index (χ4n) is 3.19. The Balaban J connectivity index is 1.31. The quantitative estimate of drug-likeness (QED) is 0.746. The molecule has 2 aromatic carbocycles. The number of thiazole rings is 1. The van der Waals surface area contributed by atoms with Gasteiger partial charge in [0, 0.05) is 18.4 Å². The van der Waals surface area contributed by atoms with Gasteiger partial charge in [-0.1, -0.05) is 30.3 Å². The fraction of sp³-hybridized carbons (Fsp3) is 0.300. The highest BCUT2D eigenvalue weighted by molar-refractivity contribution is 7.18. The lowest BCUT2D eigenvalue weighted by Gasteiger charge is -2.26. The third-order valence-corrected chi connectivity index (χ3v) is 5.52. The largest absolute Gasteiger partial charge is 0.493 e. The smallest absolute Gasteiger partial charge is 0.220 e. The lowest BCUT2D eigenvalue weighted by molar-refractivity contribution is -0.122. The van der Waals surface area contributed by atoms with E-state index in [-0.39, 0.29) is 11.9 Å². The topological polar surface area (TPSA) is 51.2 Å². The highest BCUT2D eigenvalue weighted by Gasteiger charge is 2.22. The van der Waals surface area contributed by atoms with Crippen LogP contribution in [0.4, 0.5) is 0 Å². The van der Waals surface area contributed by atoms with Crippen LogP contribution in [0.2, 0.25) is 0 Å². The first-order valence-corrected chi connectivity index (χ1v) is 9.47. The van der Waals surface area contributed by atoms with E-state index in [0.717, 1.165) is 41.1 Å². The maximum Gasteiger partial charge on any atom is 0.220 e. The van der Waals surface area contributed by atoms with Gasteiger partial charge in [-0.3, -0.25) is 4.79 Å². The van der Waals surface area contributed by atoms with Crippen LogP contribution >= 0.6 is 11.3 Å². The molecule has 2 heterocycles. The molecule has 0 unspecified atom stereocenters. The van der Waals surface area contributed by atoms with E-state index in [1.165, 1.54) is 4.70 Å². The van der Waals surface area contributed by atoms with E-state index in [1.807, 2.05) is 42.5 Å². The Labute approximate surface area is 150 Å². The number of aromatic nitrogens is 1. The molecule has 5 heteroatoms. The highest BCUT2D eigenvalue weighted by atomic mass is 32.1. The third kappa shape index (κ3) is 3.66. The number of hydrogen-bond donors (Lipinski definition) is 1. The summed E-state index contributed by atoms with van der Waals surface area (Å²) in [7, 11) is 0. The van der Waals surface area contributed by atoms with Crippen LogP contribution in [0.5, 0.6) is 5.75 Å². The minimum atomic E-state index is 0.0555. The van der Waals surface area contributed by atoms with Crippen molar-refractivity contribution in [3.05, 3.63) is 59.1 Å². The summed E-state index contributed by atoms with van der Waals surface area (Å²) in [5.41, 5.74) is 2.12. The van der Waals surface area contributed by atoms with Crippen molar-refractivity contribution in [2.75, 3.05) is 6.61 Å². The zero-order chi connectivity index (χ0) is 17.1. The number of hydrogen-bond acceptors (Lipinski definition) is 4. The summed E-state index contributed by atoms with van der Waals surface area (Å²) in [6.07, 6.45) is 3.00. The number of carbonyl (C=O) groups is 1. The second-order valence-electron chi connectivity index (χ2n) is 6.22. The van der Waals surface area contributed by atoms with E-state index in [2.05, 4.69) is 16.4 Å². The summed E-state index contributed by atoms with van der Waals surface area (Å²) in [5.74, 6) is 0.983. The average Bonchev–Trinajstić information content (AvgIpc) is 3.05. The molecule has 4 nitrogen and oxygen atoms in total. The van der Waals surface area contributed by atoms with Crippen LogP contribution in [0.3, 0.4) is 0 Å². The summed E-state index contributed by atoms with van der Waals surface area (Å²) in [6, 6.07) is 16.1. The van der Waals surface area contributed by atoms with E-state index in [1.54, 1.807) is 11.3 Å². The number of amides is 1. The predicted molar refractivity (Wildman–Crippen MR) is 100.0 cm³/mol. The summed E-state index contributed by atoms with van der Waals surface area (Å²) in [5, 5.41) is 4.25. The van der Waals surface area contributed by atoms with Crippen molar-refractivity contribution in [2.45, 2.75) is 31.7 Å². The van der Waals surface area contributed by atoms with Crippen molar-refractivity contribution >= 4 is 27.5 Å². The molecule has 0 radical (unpaired) electrons. The van der Waals surface area contributed by atoms with Gasteiger partial charge in [-0.2, -0.15) is 0 Å². The molecule has 0 fully saturated rings. The van der Waals surface area contributed by atoms with Crippen LogP contribution < -0.4 is 10.1 Å². The second kappa shape index (κ2) is 7.23. The number of benzene rings is 2. The number of nitrogens with one attached hydrogen (secondary N) is 1. The van der Waals surface area contributed by atoms with Gasteiger partial charge in [-0.15, -0.1) is 11.3 Å². The minimum Gasteiger partial charge on any atom is -0.493 e. The molecule has 25 heavy (non-hydrogen) atoms. The second-order valence-corrected chi connectivity index (χ2v) is 7.34. The summed E-state index contributed by atoms with van der Waals surface area (Å²) in [4.78, 5) is 16.9. The number of rotatable bonds is 5. The van der Waals surface area contributed by atoms with Gasteiger partial charge in [0.05, 0.1) is 27.9 Å². The van der Waals surface area contributed by atoms with E-state index >= 15 is 0 Å². The van der Waals surface area contributed by atoms with Gasteiger partial charge in [0.1, 0.15) is 5.75 Å². The van der Waals surface area contributed by atoms with Gasteiger partial charge in [-0.25, -0.2) is 4.98 Å². The molecule has 1 aliphatic rings. The summed E-state index contributed by atoms with van der Waals surface area (Å²) < 4.78 is 6.85. The SMILES string of the molecule is O=C(CCCc1nc2ccccc2s1)N[C@@H]1CCOc2ccccc21. The molecule has 1 atom stereocenters. The van der Waals surface area contributed by atoms with Gasteiger partial charge in [0.25, 0.3) is 0 Å². The van der Waals surface area contributed by atoms with Crippen LogP contribution in [0.25, 0.3) is 10.2 Å². The molecule has 0 saturated heterocycles. The first-order chi connectivity index (χ1) is 12.3. The van der Waals surface area contributed by atoms with Crippen LogP contribution in [0.1, 0.15) is 35.9 Å². The average molecular weight is 352 g/mol. The minimum absolute atomic E-state index is 0.0555. The van der Waals surface area contributed by atoms with Gasteiger partial charge < -0.3 is 10.1 Å². The lowest BCUT2D eigenvalue weighted by atomic mass is 10.0. The molecule has 1 aliphatic heterocycles. The number of aryl methyl sites for hydroxylation is 1. The number of nitrogens with zero attached hydrogens (tertiary/aromatic N) is 1. The molecular formula is C20H20N2O2S. The Bertz CT molecular complexity index is 857. The monoisotopic (exact) mass is 352 g/mol. The molecule has 0 bridgehead atoms. The van der Waals surface area contributed by atoms with E-state index in [0.29, 0.717) is 13.0 Å². The van der Waals surface area contributed by atoms with Crippen molar-refractivity contribution in [3.8, 4) is 5.75 Å². The zero-order valence-electron chi connectivity index (χ0n) is 13.9. The van der Waals surface area contributed by atoms with Crippen molar-refractivity contribution < 1.29 is 9.53 Å². The molecule has 1 N–H and O–H groups in total. The number of para-hydroxylation sites is 2. The molecular weight excluding hydrogens is 332 g/mol. The number of carbonyl (C=O) groups excluding carboxylic acids is 1. The van der Waals surface area contributed by atoms with Crippen LogP contribution in [0, 0.1) is 0 Å². The standard InChI is InChI=1S/C20H20N2O2S/c23-19(21-15-12-13-24-17-8-3-1-6-14(15)17)10-5-11-20-22-16-7-2-4-9-18(16)25-20/h1-4,6-9,15H,5,10-13H2,(H,21,23)/t15-/m1/s1. The molecule has 3 aromatic rings. The molecule has 4 rings (SSSR count). The molecule has 0 spiro atoms. The molecule has 1 amide bonds. The maximum absolute atomic E-state index is 12.3. The highest BCUT2D eigenvalue weighted by Crippen LogP contribution is 2.31. The van der Waals surface area contributed by atoms with Crippen molar-refractivity contribution in [2.24, 2.45) is 0 Å². The zero-order valence-corrected chi connectivity index (χ0v) is 14.7. The van der Waals surface area contributed by atoms with Gasteiger partial charge in [0.15, 0.2) is 0 Å². The Morgan fingerprint density at radius 1 is 1.20 bits per heavy atom. The lowest BCUT2D eigenvalue weighted by Crippen LogP contribution is -2.32. The Hall–Kier alpha value is -2.40. The first-order valence-electron chi connectivity index (χ1n) is 8.65. The van der Waals surface area contributed by atoms with Gasteiger partial charge in [0.2, 0.25) is 5.91 Å². The van der Waals surface area contributed by atoms with Crippen LogP contribution in [-0.2, 0) is 11.2 Å². The van der Waals surface area contributed by atoms with E-state index in [9.17, 15) is 4.79 Å². The van der Waals surface area contributed by atoms with Gasteiger partial charge >= 0.3 is 0 Å². The Morgan fingerprint density at radius 3 is 2.96 bits per heavy atom. The molecule has 0 saturated carbocycles. The molecule has 1 aromatic heterocycles. The van der Waals surface area contributed by atoms with E-state index in [4.69, 9.17) is 4.74 Å². The summed E-state index contributed by atoms with van der Waals surface area (Å²) in [6.45, 7) is 0.646. The Morgan fingerprint density at radius 2 is 2.04 bits per heavy atom. The van der Waals surface area contributed by atoms with Crippen molar-refractivity contribution in [1.29, 1.82) is 0 Å². The normalized spacial score (nSPS) is 16.2. The summed E-state index contributed by atoms with van der Waals surface area (Å²) >= 11 is 1.72. The number of fused-ring (bicyclic) bond motifs is 2. The maximum atomic E-state index is 12.3. The molecule has 128 valence electrons. The van der Waals surface area contributed by atoms with Gasteiger partial charge in [-0.05, 0) is 31.0 Å². The van der Waals surface area contributed by atoms with E-state index < -0.39 is 0 Å².